The van der Waals surface area contributed by atoms with Gasteiger partial charge in [0.25, 0.3) is 0 Å². The lowest BCUT2D eigenvalue weighted by Crippen LogP contribution is -2.24. The molecule has 2 N–H and O–H groups in total. The average Bonchev–Trinajstić information content (AvgIpc) is 2.38. The van der Waals surface area contributed by atoms with E-state index in [4.69, 9.17) is 23.2 Å². The van der Waals surface area contributed by atoms with E-state index in [1.165, 1.54) is 0 Å². The minimum atomic E-state index is -3.42. The molecule has 21 heavy (non-hydrogen) atoms. The molecule has 0 fully saturated rings. The maximum atomic E-state index is 12.0. The molecule has 0 aliphatic rings. The summed E-state index contributed by atoms with van der Waals surface area (Å²) in [6.07, 6.45) is 1.38. The van der Waals surface area contributed by atoms with Crippen LogP contribution in [-0.2, 0) is 10.0 Å². The van der Waals surface area contributed by atoms with Crippen LogP contribution >= 0.6 is 39.1 Å². The Balaban J connectivity index is 2.55. The summed E-state index contributed by atoms with van der Waals surface area (Å²) in [5.74, 6) is 0.0524. The van der Waals surface area contributed by atoms with Crippen LogP contribution in [0, 0.1) is 0 Å². The van der Waals surface area contributed by atoms with Gasteiger partial charge in [-0.15, -0.1) is 0 Å². The van der Waals surface area contributed by atoms with E-state index in [2.05, 4.69) is 39.8 Å². The third-order valence-electron chi connectivity index (χ3n) is 2.69. The fourth-order valence-corrected chi connectivity index (χ4v) is 3.70. The van der Waals surface area contributed by atoms with Crippen LogP contribution in [0.25, 0.3) is 0 Å². The molecule has 0 aromatic heterocycles. The van der Waals surface area contributed by atoms with Crippen LogP contribution < -0.4 is 10.0 Å². The molecule has 0 heterocycles. The number of anilines is 1. The Morgan fingerprint density at radius 1 is 1.19 bits per heavy atom. The van der Waals surface area contributed by atoms with Crippen molar-refractivity contribution < 1.29 is 8.42 Å². The molecule has 0 saturated carbocycles. The van der Waals surface area contributed by atoms with Gasteiger partial charge in [0.05, 0.1) is 21.5 Å². The number of rotatable bonds is 8. The van der Waals surface area contributed by atoms with Crippen LogP contribution in [0.3, 0.4) is 0 Å². The second kappa shape index (κ2) is 8.58. The predicted octanol–water partition coefficient (Wildman–Crippen LogP) is 4.28. The van der Waals surface area contributed by atoms with Gasteiger partial charge in [-0.05, 0) is 47.4 Å². The monoisotopic (exact) mass is 416 g/mol. The second-order valence-electron chi connectivity index (χ2n) is 4.96. The van der Waals surface area contributed by atoms with E-state index in [0.29, 0.717) is 22.6 Å². The maximum absolute atomic E-state index is 12.0. The highest BCUT2D eigenvalue weighted by molar-refractivity contribution is 9.10. The third kappa shape index (κ3) is 6.74. The first kappa shape index (κ1) is 19.0. The third-order valence-corrected chi connectivity index (χ3v) is 5.82. The first-order chi connectivity index (χ1) is 9.73. The van der Waals surface area contributed by atoms with Crippen LogP contribution in [0.2, 0.25) is 10.0 Å². The Morgan fingerprint density at radius 2 is 1.86 bits per heavy atom. The molecule has 0 radical (unpaired) electrons. The fraction of sp³-hybridized carbons (Fsp3) is 0.538. The van der Waals surface area contributed by atoms with Crippen molar-refractivity contribution >= 4 is 54.8 Å². The molecule has 0 bridgehead atoms. The summed E-state index contributed by atoms with van der Waals surface area (Å²) in [7, 11) is -3.42. The lowest BCUT2D eigenvalue weighted by molar-refractivity contribution is 0.561. The van der Waals surface area contributed by atoms with Crippen LogP contribution in [-0.4, -0.2) is 26.8 Å². The van der Waals surface area contributed by atoms with Gasteiger partial charge in [0.2, 0.25) is 10.0 Å². The number of hydrogen-bond acceptors (Lipinski definition) is 3. The summed E-state index contributed by atoms with van der Waals surface area (Å²) >= 11 is 15.2. The number of nitrogens with one attached hydrogen (secondary N) is 2. The van der Waals surface area contributed by atoms with Crippen molar-refractivity contribution in [1.82, 2.24) is 5.32 Å². The van der Waals surface area contributed by atoms with Gasteiger partial charge in [0, 0.05) is 10.5 Å². The van der Waals surface area contributed by atoms with Gasteiger partial charge in [0.1, 0.15) is 0 Å². The highest BCUT2D eigenvalue weighted by Gasteiger charge is 2.15. The van der Waals surface area contributed by atoms with Crippen LogP contribution in [0.4, 0.5) is 5.69 Å². The van der Waals surface area contributed by atoms with Gasteiger partial charge in [-0.1, -0.05) is 37.0 Å². The largest absolute Gasteiger partial charge is 0.315 e. The standard InChI is InChI=1S/C13H19BrCl2N2O2S/c1-9(2)17-7-3-4-8-21(19,20)18-11-6-5-10(14)12(15)13(11)16/h5-6,9,17-18H,3-4,7-8H2,1-2H3. The van der Waals surface area contributed by atoms with Crippen LogP contribution in [0.5, 0.6) is 0 Å². The van der Waals surface area contributed by atoms with E-state index in [1.54, 1.807) is 12.1 Å². The van der Waals surface area contributed by atoms with E-state index in [9.17, 15) is 8.42 Å². The quantitative estimate of drug-likeness (QED) is 0.490. The Morgan fingerprint density at radius 3 is 2.48 bits per heavy atom. The van der Waals surface area contributed by atoms with Crippen molar-refractivity contribution in [3.05, 3.63) is 26.7 Å². The lowest BCUT2D eigenvalue weighted by atomic mass is 10.3. The zero-order valence-corrected chi connectivity index (χ0v) is 15.8. The van der Waals surface area contributed by atoms with E-state index < -0.39 is 10.0 Å². The normalized spacial score (nSPS) is 11.9. The molecule has 1 aromatic carbocycles. The van der Waals surface area contributed by atoms with Gasteiger partial charge in [-0.25, -0.2) is 8.42 Å². The molecular weight excluding hydrogens is 399 g/mol. The van der Waals surface area contributed by atoms with Crippen molar-refractivity contribution in [2.24, 2.45) is 0 Å². The van der Waals surface area contributed by atoms with Crippen molar-refractivity contribution in [3.8, 4) is 0 Å². The summed E-state index contributed by atoms with van der Waals surface area (Å²) in [6, 6.07) is 3.64. The maximum Gasteiger partial charge on any atom is 0.232 e. The topological polar surface area (TPSA) is 58.2 Å². The summed E-state index contributed by atoms with van der Waals surface area (Å²) in [5, 5.41) is 3.73. The second-order valence-corrected chi connectivity index (χ2v) is 8.41. The van der Waals surface area contributed by atoms with E-state index in [0.717, 1.165) is 13.0 Å². The molecule has 8 heteroatoms. The molecule has 0 unspecified atom stereocenters. The van der Waals surface area contributed by atoms with Crippen molar-refractivity contribution in [3.63, 3.8) is 0 Å². The first-order valence-electron chi connectivity index (χ1n) is 6.60. The molecule has 120 valence electrons. The average molecular weight is 418 g/mol. The molecule has 0 atom stereocenters. The van der Waals surface area contributed by atoms with Crippen molar-refractivity contribution in [2.45, 2.75) is 32.7 Å². The van der Waals surface area contributed by atoms with Crippen molar-refractivity contribution in [1.29, 1.82) is 0 Å². The van der Waals surface area contributed by atoms with E-state index in [-0.39, 0.29) is 15.8 Å². The van der Waals surface area contributed by atoms with Crippen LogP contribution in [0.1, 0.15) is 26.7 Å². The molecule has 0 saturated heterocycles. The number of halogens is 3. The van der Waals surface area contributed by atoms with E-state index >= 15 is 0 Å². The molecule has 0 spiro atoms. The Kier molecular flexibility index (Phi) is 7.78. The minimum absolute atomic E-state index is 0.0524. The summed E-state index contributed by atoms with van der Waals surface area (Å²) < 4.78 is 27.1. The first-order valence-corrected chi connectivity index (χ1v) is 9.80. The van der Waals surface area contributed by atoms with E-state index in [1.807, 2.05) is 0 Å². The number of hydrogen-bond donors (Lipinski definition) is 2. The summed E-state index contributed by atoms with van der Waals surface area (Å²) in [5.41, 5.74) is 0.296. The van der Waals surface area contributed by atoms with Crippen molar-refractivity contribution in [2.75, 3.05) is 17.0 Å². The van der Waals surface area contributed by atoms with Crippen LogP contribution in [0.15, 0.2) is 16.6 Å². The highest BCUT2D eigenvalue weighted by atomic mass is 79.9. The molecule has 4 nitrogen and oxygen atoms in total. The fourth-order valence-electron chi connectivity index (χ4n) is 1.63. The molecule has 1 aromatic rings. The molecule has 0 aliphatic carbocycles. The number of sulfonamides is 1. The zero-order chi connectivity index (χ0) is 16.0. The van der Waals surface area contributed by atoms with Gasteiger partial charge >= 0.3 is 0 Å². The Labute approximate surface area is 144 Å². The Hall–Kier alpha value is -0.0100. The molecule has 0 amide bonds. The Bertz CT molecular complexity index is 580. The van der Waals surface area contributed by atoms with Gasteiger partial charge in [-0.2, -0.15) is 0 Å². The van der Waals surface area contributed by atoms with Gasteiger partial charge in [-0.3, -0.25) is 4.72 Å². The zero-order valence-electron chi connectivity index (χ0n) is 11.9. The predicted molar refractivity (Wildman–Crippen MR) is 93.9 cm³/mol. The molecular formula is C13H19BrCl2N2O2S. The minimum Gasteiger partial charge on any atom is -0.315 e. The highest BCUT2D eigenvalue weighted by Crippen LogP contribution is 2.36. The molecule has 1 rings (SSSR count). The smallest absolute Gasteiger partial charge is 0.232 e. The summed E-state index contributed by atoms with van der Waals surface area (Å²) in [4.78, 5) is 0. The lowest BCUT2D eigenvalue weighted by Gasteiger charge is -2.11. The molecule has 0 aliphatic heterocycles. The van der Waals surface area contributed by atoms with Gasteiger partial charge in [0.15, 0.2) is 0 Å². The number of benzene rings is 1. The summed E-state index contributed by atoms with van der Waals surface area (Å²) in [6.45, 7) is 4.91. The van der Waals surface area contributed by atoms with Gasteiger partial charge < -0.3 is 5.32 Å². The number of unbranched alkanes of at least 4 members (excludes halogenated alkanes) is 1. The SMILES string of the molecule is CC(C)NCCCCS(=O)(=O)Nc1ccc(Br)c(Cl)c1Cl.